The molecule has 2 fully saturated rings. The van der Waals surface area contributed by atoms with E-state index in [1.165, 1.54) is 0 Å². The van der Waals surface area contributed by atoms with Crippen molar-refractivity contribution in [2.45, 2.75) is 38.1 Å². The first-order valence-electron chi connectivity index (χ1n) is 6.76. The van der Waals surface area contributed by atoms with Crippen LogP contribution in [0, 0.1) is 0 Å². The Hall–Kier alpha value is -1.40. The van der Waals surface area contributed by atoms with Gasteiger partial charge in [-0.2, -0.15) is 5.10 Å². The number of morpholine rings is 1. The smallest absolute Gasteiger partial charge is 0.323 e. The van der Waals surface area contributed by atoms with Crippen molar-refractivity contribution in [2.75, 3.05) is 19.7 Å². The van der Waals surface area contributed by atoms with Crippen LogP contribution in [-0.4, -0.2) is 58.6 Å². The van der Waals surface area contributed by atoms with E-state index in [2.05, 4.69) is 10.00 Å². The summed E-state index contributed by atoms with van der Waals surface area (Å²) in [6, 6.07) is 1.80. The minimum absolute atomic E-state index is 0.0323. The lowest BCUT2D eigenvalue weighted by Crippen LogP contribution is -2.50. The van der Waals surface area contributed by atoms with E-state index in [9.17, 15) is 4.79 Å². The SMILES string of the molecule is CC1CC(N2CCOC(Cn3cccn3)C2)C(=O)O1. The van der Waals surface area contributed by atoms with Crippen LogP contribution in [0.2, 0.25) is 0 Å². The summed E-state index contributed by atoms with van der Waals surface area (Å²) >= 11 is 0. The number of cyclic esters (lactones) is 1. The molecule has 0 radical (unpaired) electrons. The topological polar surface area (TPSA) is 56.6 Å². The zero-order valence-electron chi connectivity index (χ0n) is 11.1. The summed E-state index contributed by atoms with van der Waals surface area (Å²) in [5.74, 6) is -0.0905. The van der Waals surface area contributed by atoms with Crippen molar-refractivity contribution >= 4 is 5.97 Å². The van der Waals surface area contributed by atoms with Crippen LogP contribution in [0.4, 0.5) is 0 Å². The van der Waals surface area contributed by atoms with Crippen molar-refractivity contribution < 1.29 is 14.3 Å². The Bertz CT molecular complexity index is 434. The summed E-state index contributed by atoms with van der Waals surface area (Å²) in [4.78, 5) is 14.0. The van der Waals surface area contributed by atoms with Gasteiger partial charge in [0.15, 0.2) is 0 Å². The van der Waals surface area contributed by atoms with Gasteiger partial charge in [0.2, 0.25) is 0 Å². The van der Waals surface area contributed by atoms with Crippen LogP contribution in [0.3, 0.4) is 0 Å². The van der Waals surface area contributed by atoms with Gasteiger partial charge in [-0.25, -0.2) is 0 Å². The highest BCUT2D eigenvalue weighted by Crippen LogP contribution is 2.22. The molecule has 0 saturated carbocycles. The number of nitrogens with zero attached hydrogens (tertiary/aromatic N) is 3. The van der Waals surface area contributed by atoms with Gasteiger partial charge in [-0.05, 0) is 13.0 Å². The van der Waals surface area contributed by atoms with E-state index in [4.69, 9.17) is 9.47 Å². The lowest BCUT2D eigenvalue weighted by atomic mass is 10.1. The van der Waals surface area contributed by atoms with Crippen LogP contribution >= 0.6 is 0 Å². The monoisotopic (exact) mass is 265 g/mol. The first-order chi connectivity index (χ1) is 9.22. The van der Waals surface area contributed by atoms with E-state index >= 15 is 0 Å². The Kier molecular flexibility index (Phi) is 3.52. The van der Waals surface area contributed by atoms with E-state index in [-0.39, 0.29) is 24.2 Å². The molecule has 2 aliphatic heterocycles. The summed E-state index contributed by atoms with van der Waals surface area (Å²) in [6.45, 7) is 4.87. The third kappa shape index (κ3) is 2.79. The predicted octanol–water partition coefficient (Wildman–Crippen LogP) is 0.288. The van der Waals surface area contributed by atoms with E-state index < -0.39 is 0 Å². The number of carbonyl (C=O) groups is 1. The van der Waals surface area contributed by atoms with Gasteiger partial charge in [-0.15, -0.1) is 0 Å². The Labute approximate surface area is 112 Å². The van der Waals surface area contributed by atoms with Crippen LogP contribution in [0.5, 0.6) is 0 Å². The number of rotatable bonds is 3. The fourth-order valence-corrected chi connectivity index (χ4v) is 2.79. The van der Waals surface area contributed by atoms with Gasteiger partial charge in [0, 0.05) is 31.9 Å². The molecular formula is C13H19N3O3. The first-order valence-corrected chi connectivity index (χ1v) is 6.76. The highest BCUT2D eigenvalue weighted by molar-refractivity contribution is 5.78. The van der Waals surface area contributed by atoms with E-state index in [0.29, 0.717) is 6.61 Å². The number of esters is 1. The molecule has 6 heteroatoms. The zero-order valence-corrected chi connectivity index (χ0v) is 11.1. The van der Waals surface area contributed by atoms with Crippen molar-refractivity contribution in [1.82, 2.24) is 14.7 Å². The Morgan fingerprint density at radius 2 is 2.42 bits per heavy atom. The summed E-state index contributed by atoms with van der Waals surface area (Å²) in [5, 5.41) is 4.19. The van der Waals surface area contributed by atoms with Crippen LogP contribution < -0.4 is 0 Å². The first kappa shape index (κ1) is 12.6. The van der Waals surface area contributed by atoms with Gasteiger partial charge in [0.25, 0.3) is 0 Å². The van der Waals surface area contributed by atoms with E-state index in [1.807, 2.05) is 23.9 Å². The molecule has 3 heterocycles. The van der Waals surface area contributed by atoms with Gasteiger partial charge in [-0.3, -0.25) is 14.4 Å². The minimum atomic E-state index is -0.0981. The lowest BCUT2D eigenvalue weighted by molar-refractivity contribution is -0.147. The quantitative estimate of drug-likeness (QED) is 0.735. The molecular weight excluding hydrogens is 246 g/mol. The summed E-state index contributed by atoms with van der Waals surface area (Å²) in [6.07, 6.45) is 4.58. The largest absolute Gasteiger partial charge is 0.461 e. The second-order valence-electron chi connectivity index (χ2n) is 5.21. The molecule has 2 aliphatic rings. The van der Waals surface area contributed by atoms with Crippen molar-refractivity contribution in [3.05, 3.63) is 18.5 Å². The molecule has 0 bridgehead atoms. The van der Waals surface area contributed by atoms with Gasteiger partial charge in [-0.1, -0.05) is 0 Å². The van der Waals surface area contributed by atoms with Crippen molar-refractivity contribution in [3.63, 3.8) is 0 Å². The molecule has 3 atom stereocenters. The maximum absolute atomic E-state index is 11.8. The lowest BCUT2D eigenvalue weighted by Gasteiger charge is -2.35. The van der Waals surface area contributed by atoms with Gasteiger partial charge in [0.05, 0.1) is 19.3 Å². The Balaban J connectivity index is 1.60. The second kappa shape index (κ2) is 5.30. The molecule has 0 aromatic carbocycles. The minimum Gasteiger partial charge on any atom is -0.461 e. The Morgan fingerprint density at radius 1 is 1.53 bits per heavy atom. The van der Waals surface area contributed by atoms with Crippen molar-refractivity contribution in [3.8, 4) is 0 Å². The van der Waals surface area contributed by atoms with Crippen molar-refractivity contribution in [1.29, 1.82) is 0 Å². The maximum atomic E-state index is 11.8. The molecule has 3 rings (SSSR count). The zero-order chi connectivity index (χ0) is 13.2. The number of ether oxygens (including phenoxy) is 2. The normalized spacial score (nSPS) is 32.5. The fraction of sp³-hybridized carbons (Fsp3) is 0.692. The molecule has 1 aromatic heterocycles. The summed E-state index contributed by atoms with van der Waals surface area (Å²) in [7, 11) is 0. The number of aromatic nitrogens is 2. The van der Waals surface area contributed by atoms with Gasteiger partial charge >= 0.3 is 5.97 Å². The molecule has 104 valence electrons. The van der Waals surface area contributed by atoms with Crippen LogP contribution in [0.15, 0.2) is 18.5 Å². The van der Waals surface area contributed by atoms with Crippen LogP contribution in [0.1, 0.15) is 13.3 Å². The number of hydrogen-bond acceptors (Lipinski definition) is 5. The third-order valence-electron chi connectivity index (χ3n) is 3.71. The molecule has 19 heavy (non-hydrogen) atoms. The third-order valence-corrected chi connectivity index (χ3v) is 3.71. The molecule has 0 amide bonds. The molecule has 0 aliphatic carbocycles. The number of hydrogen-bond donors (Lipinski definition) is 0. The maximum Gasteiger partial charge on any atom is 0.323 e. The Morgan fingerprint density at radius 3 is 3.11 bits per heavy atom. The van der Waals surface area contributed by atoms with Crippen LogP contribution in [0.25, 0.3) is 0 Å². The molecule has 3 unspecified atom stereocenters. The number of carbonyl (C=O) groups excluding carboxylic acids is 1. The highest BCUT2D eigenvalue weighted by atomic mass is 16.6. The van der Waals surface area contributed by atoms with E-state index in [1.54, 1.807) is 6.20 Å². The average molecular weight is 265 g/mol. The highest BCUT2D eigenvalue weighted by Gasteiger charge is 2.38. The summed E-state index contributed by atoms with van der Waals surface area (Å²) in [5.41, 5.74) is 0. The molecule has 0 N–H and O–H groups in total. The second-order valence-corrected chi connectivity index (χ2v) is 5.21. The van der Waals surface area contributed by atoms with E-state index in [0.717, 1.165) is 26.1 Å². The molecule has 2 saturated heterocycles. The predicted molar refractivity (Wildman–Crippen MR) is 67.5 cm³/mol. The standard InChI is InChI=1S/C13H19N3O3/c1-10-7-12(13(17)19-10)15-5-6-18-11(8-15)9-16-4-2-3-14-16/h2-4,10-12H,5-9H2,1H3. The fourth-order valence-electron chi connectivity index (χ4n) is 2.79. The van der Waals surface area contributed by atoms with Crippen LogP contribution in [-0.2, 0) is 20.8 Å². The molecule has 6 nitrogen and oxygen atoms in total. The molecule has 1 aromatic rings. The van der Waals surface area contributed by atoms with Gasteiger partial charge in [0.1, 0.15) is 12.1 Å². The molecule has 0 spiro atoms. The average Bonchev–Trinajstić information content (AvgIpc) is 2.99. The van der Waals surface area contributed by atoms with Crippen molar-refractivity contribution in [2.24, 2.45) is 0 Å². The van der Waals surface area contributed by atoms with Gasteiger partial charge < -0.3 is 9.47 Å². The summed E-state index contributed by atoms with van der Waals surface area (Å²) < 4.78 is 12.8.